The highest BCUT2D eigenvalue weighted by Gasteiger charge is 2.68. The number of amides is 2. The third-order valence-corrected chi connectivity index (χ3v) is 8.27. The predicted molar refractivity (Wildman–Crippen MR) is 127 cm³/mol. The molecule has 0 radical (unpaired) electrons. The molecule has 2 aromatic carbocycles. The summed E-state index contributed by atoms with van der Waals surface area (Å²) in [6.45, 7) is 1.49. The lowest BCUT2D eigenvalue weighted by Crippen LogP contribution is -2.48. The van der Waals surface area contributed by atoms with Crippen LogP contribution in [0.25, 0.3) is 0 Å². The lowest BCUT2D eigenvalue weighted by molar-refractivity contribution is -0.158. The largest absolute Gasteiger partial charge is 0.456 e. The van der Waals surface area contributed by atoms with E-state index in [9.17, 15) is 19.2 Å². The van der Waals surface area contributed by atoms with Crippen molar-refractivity contribution in [2.45, 2.75) is 25.8 Å². The highest BCUT2D eigenvalue weighted by molar-refractivity contribution is 6.09. The van der Waals surface area contributed by atoms with Crippen LogP contribution in [0.1, 0.15) is 27.9 Å². The number of likely N-dealkylation sites (tertiary alicyclic amines) is 1. The number of hydrogen-bond donors (Lipinski definition) is 0. The summed E-state index contributed by atoms with van der Waals surface area (Å²) in [7, 11) is 0. The third kappa shape index (κ3) is 3.63. The van der Waals surface area contributed by atoms with Gasteiger partial charge in [-0.1, -0.05) is 72.3 Å². The smallest absolute Gasteiger partial charge is 0.330 e. The second-order valence-corrected chi connectivity index (χ2v) is 10.3. The normalized spacial score (nSPS) is 30.6. The first-order valence-electron chi connectivity index (χ1n) is 12.3. The number of benzene rings is 2. The molecule has 7 rings (SSSR count). The molecule has 3 fully saturated rings. The van der Waals surface area contributed by atoms with E-state index >= 15 is 0 Å². The van der Waals surface area contributed by atoms with Gasteiger partial charge in [0.05, 0.1) is 11.8 Å². The van der Waals surface area contributed by atoms with Crippen LogP contribution >= 0.6 is 0 Å². The second kappa shape index (κ2) is 8.29. The Morgan fingerprint density at radius 3 is 2.11 bits per heavy atom. The van der Waals surface area contributed by atoms with Crippen LogP contribution in [0, 0.1) is 42.4 Å². The molecule has 0 N–H and O–H groups in total. The molecule has 1 aliphatic heterocycles. The molecule has 0 spiro atoms. The van der Waals surface area contributed by atoms with Crippen molar-refractivity contribution in [3.63, 3.8) is 0 Å². The minimum atomic E-state index is -1.09. The first-order valence-corrected chi connectivity index (χ1v) is 12.3. The van der Waals surface area contributed by atoms with Gasteiger partial charge in [-0.2, -0.15) is 0 Å². The number of carbonyl (C=O) groups is 4. The summed E-state index contributed by atoms with van der Waals surface area (Å²) in [5.74, 6) is -1.25. The van der Waals surface area contributed by atoms with E-state index in [1.807, 2.05) is 49.4 Å². The fourth-order valence-corrected chi connectivity index (χ4v) is 6.46. The van der Waals surface area contributed by atoms with E-state index in [1.165, 1.54) is 4.90 Å². The number of hydrogen-bond acceptors (Lipinski definition) is 5. The molecule has 5 aliphatic rings. The number of imide groups is 1. The highest BCUT2D eigenvalue weighted by Crippen LogP contribution is 2.65. The first kappa shape index (κ1) is 22.0. The Kier molecular flexibility index (Phi) is 5.20. The Morgan fingerprint density at radius 1 is 0.914 bits per heavy atom. The van der Waals surface area contributed by atoms with E-state index in [1.54, 1.807) is 12.1 Å². The zero-order chi connectivity index (χ0) is 24.3. The highest BCUT2D eigenvalue weighted by atomic mass is 16.5. The van der Waals surface area contributed by atoms with Crippen LogP contribution in [0.5, 0.6) is 0 Å². The van der Waals surface area contributed by atoms with Gasteiger partial charge in [0.2, 0.25) is 11.8 Å². The first-order chi connectivity index (χ1) is 16.9. The zero-order valence-electron chi connectivity index (χ0n) is 19.5. The van der Waals surface area contributed by atoms with Gasteiger partial charge in [0.1, 0.15) is 6.04 Å². The number of allylic oxidation sites excluding steroid dienone is 2. The van der Waals surface area contributed by atoms with Crippen molar-refractivity contribution in [3.8, 4) is 0 Å². The summed E-state index contributed by atoms with van der Waals surface area (Å²) < 4.78 is 5.43. The van der Waals surface area contributed by atoms with E-state index in [2.05, 4.69) is 12.2 Å². The maximum Gasteiger partial charge on any atom is 0.330 e. The monoisotopic (exact) mass is 469 g/mol. The van der Waals surface area contributed by atoms with Gasteiger partial charge < -0.3 is 4.74 Å². The average Bonchev–Trinajstić information content (AvgIpc) is 3.65. The van der Waals surface area contributed by atoms with Crippen LogP contribution in [-0.2, 0) is 25.5 Å². The number of ketones is 1. The molecule has 2 amide bonds. The Hall–Kier alpha value is -3.54. The van der Waals surface area contributed by atoms with E-state index in [4.69, 9.17) is 4.74 Å². The lowest BCUT2D eigenvalue weighted by atomic mass is 9.63. The molecule has 6 nitrogen and oxygen atoms in total. The average molecular weight is 470 g/mol. The van der Waals surface area contributed by atoms with Crippen molar-refractivity contribution in [1.82, 2.24) is 4.90 Å². The molecular weight excluding hydrogens is 442 g/mol. The SMILES string of the molecule is Cc1ccc(C(=O)COC(=O)[C@H](Cc2ccccc2)N2C(=O)[C@@H]3[C@H]4C=C[C@@H]([C@@H]5C[C@H]45)[C@H]3C2=O)cc1. The van der Waals surface area contributed by atoms with Gasteiger partial charge in [0.25, 0.3) is 0 Å². The molecule has 2 aromatic rings. The Bertz CT molecular complexity index is 1200. The van der Waals surface area contributed by atoms with Gasteiger partial charge >= 0.3 is 5.97 Å². The Labute approximate surface area is 203 Å². The van der Waals surface area contributed by atoms with Gasteiger partial charge in [-0.3, -0.25) is 19.3 Å². The Balaban J connectivity index is 1.25. The van der Waals surface area contributed by atoms with Crippen molar-refractivity contribution >= 4 is 23.6 Å². The van der Waals surface area contributed by atoms with Gasteiger partial charge in [-0.15, -0.1) is 0 Å². The van der Waals surface area contributed by atoms with Crippen LogP contribution < -0.4 is 0 Å². The van der Waals surface area contributed by atoms with Gasteiger partial charge in [0.15, 0.2) is 12.4 Å². The summed E-state index contributed by atoms with van der Waals surface area (Å²) in [6, 6.07) is 15.2. The molecule has 0 unspecified atom stereocenters. The molecule has 7 atom stereocenters. The van der Waals surface area contributed by atoms with Crippen LogP contribution in [-0.4, -0.2) is 41.1 Å². The molecule has 2 saturated carbocycles. The summed E-state index contributed by atoms with van der Waals surface area (Å²) in [6.07, 6.45) is 5.45. The molecule has 178 valence electrons. The fraction of sp³-hybridized carbons (Fsp3) is 0.379. The maximum atomic E-state index is 13.6. The summed E-state index contributed by atoms with van der Waals surface area (Å²) >= 11 is 0. The summed E-state index contributed by atoms with van der Waals surface area (Å²) in [4.78, 5) is 54.4. The summed E-state index contributed by atoms with van der Waals surface area (Å²) in [5.41, 5.74) is 2.29. The third-order valence-electron chi connectivity index (χ3n) is 8.27. The van der Waals surface area contributed by atoms with Crippen LogP contribution in [0.2, 0.25) is 0 Å². The minimum Gasteiger partial charge on any atom is -0.456 e. The van der Waals surface area contributed by atoms with Crippen LogP contribution in [0.3, 0.4) is 0 Å². The molecule has 4 aliphatic carbocycles. The number of rotatable bonds is 7. The van der Waals surface area contributed by atoms with Crippen LogP contribution in [0.15, 0.2) is 66.7 Å². The molecule has 0 aromatic heterocycles. The van der Waals surface area contributed by atoms with Gasteiger partial charge in [-0.05, 0) is 42.6 Å². The molecular formula is C29H27NO5. The van der Waals surface area contributed by atoms with Crippen molar-refractivity contribution in [2.75, 3.05) is 6.61 Å². The number of carbonyl (C=O) groups excluding carboxylic acids is 4. The topological polar surface area (TPSA) is 80.8 Å². The van der Waals surface area contributed by atoms with Gasteiger partial charge in [0, 0.05) is 12.0 Å². The van der Waals surface area contributed by atoms with Crippen molar-refractivity contribution in [1.29, 1.82) is 0 Å². The number of Topliss-reactive ketones (excluding diaryl/α,β-unsaturated/α-hetero) is 1. The second-order valence-electron chi connectivity index (χ2n) is 10.3. The van der Waals surface area contributed by atoms with E-state index in [0.29, 0.717) is 17.4 Å². The van der Waals surface area contributed by atoms with Gasteiger partial charge in [-0.25, -0.2) is 4.79 Å². The molecule has 35 heavy (non-hydrogen) atoms. The number of aryl methyl sites for hydroxylation is 1. The van der Waals surface area contributed by atoms with Crippen molar-refractivity contribution in [3.05, 3.63) is 83.4 Å². The molecule has 1 heterocycles. The molecule has 2 bridgehead atoms. The maximum absolute atomic E-state index is 13.6. The van der Waals surface area contributed by atoms with E-state index in [-0.39, 0.29) is 47.7 Å². The minimum absolute atomic E-state index is 0.0768. The quantitative estimate of drug-likeness (QED) is 0.269. The molecule has 1 saturated heterocycles. The number of esters is 1. The van der Waals surface area contributed by atoms with E-state index < -0.39 is 18.6 Å². The fourth-order valence-electron chi connectivity index (χ4n) is 6.46. The Morgan fingerprint density at radius 2 is 1.51 bits per heavy atom. The zero-order valence-corrected chi connectivity index (χ0v) is 19.5. The van der Waals surface area contributed by atoms with E-state index in [0.717, 1.165) is 17.5 Å². The summed E-state index contributed by atoms with van der Waals surface area (Å²) in [5, 5.41) is 0. The lowest BCUT2D eigenvalue weighted by Gasteiger charge is -2.37. The number of nitrogens with zero attached hydrogens (tertiary/aromatic N) is 1. The van der Waals surface area contributed by atoms with Crippen LogP contribution in [0.4, 0.5) is 0 Å². The van der Waals surface area contributed by atoms with Crippen molar-refractivity contribution < 1.29 is 23.9 Å². The molecule has 6 heteroatoms. The van der Waals surface area contributed by atoms with Crippen molar-refractivity contribution in [2.24, 2.45) is 35.5 Å². The predicted octanol–water partition coefficient (Wildman–Crippen LogP) is 3.39. The standard InChI is InChI=1S/C29H27NO5/c1-16-7-9-18(10-8-16)24(31)15-35-29(34)23(13-17-5-3-2-4-6-17)30-27(32)25-19-11-12-20(22-14-21(19)22)26(25)28(30)33/h2-12,19-23,25-26H,13-15H2,1H3/t19-,20-,21-,22+,23-,25+,26+/m0/s1. The number of ether oxygens (including phenoxy) is 1.